The summed E-state index contributed by atoms with van der Waals surface area (Å²) in [4.78, 5) is 13.8. The zero-order valence-electron chi connectivity index (χ0n) is 10.7. The van der Waals surface area contributed by atoms with Crippen molar-refractivity contribution in [3.63, 3.8) is 0 Å². The maximum absolute atomic E-state index is 11.7. The van der Waals surface area contributed by atoms with Crippen LogP contribution in [-0.2, 0) is 4.79 Å². The minimum Gasteiger partial charge on any atom is -0.351 e. The molecule has 0 saturated carbocycles. The molecule has 1 aliphatic heterocycles. The van der Waals surface area contributed by atoms with Gasteiger partial charge in [-0.25, -0.2) is 0 Å². The molecule has 17 heavy (non-hydrogen) atoms. The van der Waals surface area contributed by atoms with Crippen molar-refractivity contribution in [3.05, 3.63) is 0 Å². The van der Waals surface area contributed by atoms with E-state index < -0.39 is 0 Å². The van der Waals surface area contributed by atoms with Crippen LogP contribution in [0, 0.1) is 0 Å². The molecule has 1 aliphatic rings. The van der Waals surface area contributed by atoms with E-state index >= 15 is 0 Å². The third kappa shape index (κ3) is 7.82. The first-order chi connectivity index (χ1) is 7.26. The SMILES string of the molecule is CCN(CC)CC(=O)NC1CCCNC1.Cl.Cl. The molecule has 1 saturated heterocycles. The molecule has 1 atom stereocenters. The zero-order valence-corrected chi connectivity index (χ0v) is 12.3. The number of carbonyl (C=O) groups excluding carboxylic acids is 1. The fraction of sp³-hybridized carbons (Fsp3) is 0.909. The van der Waals surface area contributed by atoms with Gasteiger partial charge in [0.2, 0.25) is 5.91 Å². The molecular formula is C11H25Cl2N3O. The maximum atomic E-state index is 11.7. The van der Waals surface area contributed by atoms with Crippen LogP contribution in [0.25, 0.3) is 0 Å². The van der Waals surface area contributed by atoms with Crippen molar-refractivity contribution < 1.29 is 4.79 Å². The van der Waals surface area contributed by atoms with Crippen molar-refractivity contribution in [2.24, 2.45) is 0 Å². The number of rotatable bonds is 5. The topological polar surface area (TPSA) is 44.4 Å². The Balaban J connectivity index is 0. The Kier molecular flexibility index (Phi) is 12.6. The van der Waals surface area contributed by atoms with Crippen LogP contribution in [0.15, 0.2) is 0 Å². The number of nitrogens with one attached hydrogen (secondary N) is 2. The number of hydrogen-bond donors (Lipinski definition) is 2. The van der Waals surface area contributed by atoms with Crippen LogP contribution in [0.5, 0.6) is 0 Å². The lowest BCUT2D eigenvalue weighted by Crippen LogP contribution is -2.48. The van der Waals surface area contributed by atoms with Crippen molar-refractivity contribution in [1.82, 2.24) is 15.5 Å². The molecule has 104 valence electrons. The number of hydrogen-bond acceptors (Lipinski definition) is 3. The molecule has 0 aromatic rings. The smallest absolute Gasteiger partial charge is 0.234 e. The Morgan fingerprint density at radius 1 is 1.35 bits per heavy atom. The number of piperidine rings is 1. The molecule has 0 aromatic heterocycles. The van der Waals surface area contributed by atoms with Gasteiger partial charge >= 0.3 is 0 Å². The Hall–Kier alpha value is -0.0300. The van der Waals surface area contributed by atoms with Gasteiger partial charge in [0.1, 0.15) is 0 Å². The van der Waals surface area contributed by atoms with Gasteiger partial charge in [-0.1, -0.05) is 13.8 Å². The maximum Gasteiger partial charge on any atom is 0.234 e. The number of carbonyl (C=O) groups is 1. The predicted molar refractivity (Wildman–Crippen MR) is 76.3 cm³/mol. The molecular weight excluding hydrogens is 261 g/mol. The lowest BCUT2D eigenvalue weighted by atomic mass is 10.1. The summed E-state index contributed by atoms with van der Waals surface area (Å²) in [7, 11) is 0. The van der Waals surface area contributed by atoms with E-state index in [1.807, 2.05) is 0 Å². The number of amides is 1. The lowest BCUT2D eigenvalue weighted by molar-refractivity contribution is -0.123. The summed E-state index contributed by atoms with van der Waals surface area (Å²) in [5, 5.41) is 6.37. The van der Waals surface area contributed by atoms with Gasteiger partial charge in [0.05, 0.1) is 6.54 Å². The Morgan fingerprint density at radius 2 is 2.00 bits per heavy atom. The summed E-state index contributed by atoms with van der Waals surface area (Å²) < 4.78 is 0. The summed E-state index contributed by atoms with van der Waals surface area (Å²) >= 11 is 0. The Morgan fingerprint density at radius 3 is 2.47 bits per heavy atom. The second-order valence-electron chi connectivity index (χ2n) is 4.07. The molecule has 0 aromatic carbocycles. The summed E-state index contributed by atoms with van der Waals surface area (Å²) in [6.45, 7) is 8.58. The molecule has 1 heterocycles. The van der Waals surface area contributed by atoms with Crippen molar-refractivity contribution in [1.29, 1.82) is 0 Å². The van der Waals surface area contributed by atoms with Crippen molar-refractivity contribution >= 4 is 30.7 Å². The fourth-order valence-corrected chi connectivity index (χ4v) is 1.90. The van der Waals surface area contributed by atoms with E-state index in [0.717, 1.165) is 39.0 Å². The molecule has 0 radical (unpaired) electrons. The minimum absolute atomic E-state index is 0. The first-order valence-electron chi connectivity index (χ1n) is 5.98. The van der Waals surface area contributed by atoms with Gasteiger partial charge in [-0.3, -0.25) is 9.69 Å². The number of halogens is 2. The molecule has 6 heteroatoms. The first-order valence-corrected chi connectivity index (χ1v) is 5.98. The van der Waals surface area contributed by atoms with Crippen molar-refractivity contribution in [3.8, 4) is 0 Å². The van der Waals surface area contributed by atoms with Gasteiger partial charge < -0.3 is 10.6 Å². The first kappa shape index (κ1) is 19.3. The van der Waals surface area contributed by atoms with Gasteiger partial charge in [0.25, 0.3) is 0 Å². The predicted octanol–water partition coefficient (Wildman–Crippen LogP) is 1.04. The van der Waals surface area contributed by atoms with E-state index in [-0.39, 0.29) is 30.7 Å². The minimum atomic E-state index is 0. The highest BCUT2D eigenvalue weighted by atomic mass is 35.5. The van der Waals surface area contributed by atoms with Crippen LogP contribution < -0.4 is 10.6 Å². The summed E-state index contributed by atoms with van der Waals surface area (Å²) in [5.74, 6) is 0.160. The molecule has 1 amide bonds. The summed E-state index contributed by atoms with van der Waals surface area (Å²) in [6.07, 6.45) is 2.27. The monoisotopic (exact) mass is 285 g/mol. The highest BCUT2D eigenvalue weighted by molar-refractivity contribution is 5.85. The molecule has 1 unspecified atom stereocenters. The molecule has 1 rings (SSSR count). The van der Waals surface area contributed by atoms with E-state index in [0.29, 0.717) is 12.6 Å². The van der Waals surface area contributed by atoms with Crippen LogP contribution in [-0.4, -0.2) is 49.6 Å². The van der Waals surface area contributed by atoms with E-state index in [9.17, 15) is 4.79 Å². The van der Waals surface area contributed by atoms with Gasteiger partial charge in [-0.15, -0.1) is 24.8 Å². The highest BCUT2D eigenvalue weighted by Gasteiger charge is 2.16. The zero-order chi connectivity index (χ0) is 11.1. The third-order valence-corrected chi connectivity index (χ3v) is 2.92. The van der Waals surface area contributed by atoms with Crippen LogP contribution in [0.3, 0.4) is 0 Å². The molecule has 0 bridgehead atoms. The van der Waals surface area contributed by atoms with E-state index in [1.165, 1.54) is 0 Å². The summed E-state index contributed by atoms with van der Waals surface area (Å²) in [6, 6.07) is 0.335. The van der Waals surface area contributed by atoms with E-state index in [2.05, 4.69) is 29.4 Å². The van der Waals surface area contributed by atoms with Crippen LogP contribution in [0.2, 0.25) is 0 Å². The number of nitrogens with zero attached hydrogens (tertiary/aromatic N) is 1. The molecule has 4 nitrogen and oxygen atoms in total. The van der Waals surface area contributed by atoms with Gasteiger partial charge in [0.15, 0.2) is 0 Å². The molecule has 0 spiro atoms. The van der Waals surface area contributed by atoms with Crippen LogP contribution in [0.4, 0.5) is 0 Å². The lowest BCUT2D eigenvalue weighted by Gasteiger charge is -2.25. The second kappa shape index (κ2) is 11.1. The van der Waals surface area contributed by atoms with Crippen molar-refractivity contribution in [2.75, 3.05) is 32.7 Å². The average Bonchev–Trinajstić information content (AvgIpc) is 2.27. The molecule has 2 N–H and O–H groups in total. The van der Waals surface area contributed by atoms with Crippen LogP contribution >= 0.6 is 24.8 Å². The highest BCUT2D eigenvalue weighted by Crippen LogP contribution is 2.01. The fourth-order valence-electron chi connectivity index (χ4n) is 1.90. The van der Waals surface area contributed by atoms with Crippen LogP contribution in [0.1, 0.15) is 26.7 Å². The molecule has 1 fully saturated rings. The van der Waals surface area contributed by atoms with E-state index in [1.54, 1.807) is 0 Å². The quantitative estimate of drug-likeness (QED) is 0.794. The normalized spacial score (nSPS) is 19.1. The Bertz CT molecular complexity index is 195. The number of likely N-dealkylation sites (N-methyl/N-ethyl adjacent to an activating group) is 1. The molecule has 0 aliphatic carbocycles. The van der Waals surface area contributed by atoms with E-state index in [4.69, 9.17) is 0 Å². The Labute approximate surface area is 117 Å². The van der Waals surface area contributed by atoms with Gasteiger partial charge in [-0.05, 0) is 32.5 Å². The largest absolute Gasteiger partial charge is 0.351 e. The summed E-state index contributed by atoms with van der Waals surface area (Å²) in [5.41, 5.74) is 0. The third-order valence-electron chi connectivity index (χ3n) is 2.92. The average molecular weight is 286 g/mol. The van der Waals surface area contributed by atoms with Gasteiger partial charge in [0, 0.05) is 12.6 Å². The van der Waals surface area contributed by atoms with Gasteiger partial charge in [-0.2, -0.15) is 0 Å². The van der Waals surface area contributed by atoms with Crippen molar-refractivity contribution in [2.45, 2.75) is 32.7 Å². The standard InChI is InChI=1S/C11H23N3O.2ClH/c1-3-14(4-2)9-11(15)13-10-6-5-7-12-8-10;;/h10,12H,3-9H2,1-2H3,(H,13,15);2*1H. The second-order valence-corrected chi connectivity index (χ2v) is 4.07.